The second-order valence-corrected chi connectivity index (χ2v) is 5.98. The third-order valence-corrected chi connectivity index (χ3v) is 4.38. The number of nitrogens with one attached hydrogen (secondary N) is 1. The summed E-state index contributed by atoms with van der Waals surface area (Å²) in [4.78, 5) is 23.3. The Kier molecular flexibility index (Phi) is 5.21. The number of anilines is 1. The number of piperidine rings is 1. The van der Waals surface area contributed by atoms with Gasteiger partial charge in [0.05, 0.1) is 6.54 Å². The summed E-state index contributed by atoms with van der Waals surface area (Å²) in [7, 11) is 0. The zero-order valence-corrected chi connectivity index (χ0v) is 13.0. The van der Waals surface area contributed by atoms with Gasteiger partial charge < -0.3 is 15.0 Å². The summed E-state index contributed by atoms with van der Waals surface area (Å²) >= 11 is 0. The van der Waals surface area contributed by atoms with Crippen molar-refractivity contribution < 1.29 is 9.53 Å². The number of amides is 1. The Bertz CT molecular complexity index is 497. The molecule has 1 amide bonds. The van der Waals surface area contributed by atoms with Crippen LogP contribution in [0.3, 0.4) is 0 Å². The van der Waals surface area contributed by atoms with Crippen molar-refractivity contribution in [3.05, 3.63) is 18.1 Å². The molecular weight excluding hydrogens is 280 g/mol. The molecule has 3 heterocycles. The Morgan fingerprint density at radius 3 is 2.82 bits per heavy atom. The van der Waals surface area contributed by atoms with Crippen LogP contribution in [0.25, 0.3) is 0 Å². The highest BCUT2D eigenvalue weighted by Gasteiger charge is 2.21. The first kappa shape index (κ1) is 15.2. The molecule has 1 N–H and O–H groups in total. The molecule has 22 heavy (non-hydrogen) atoms. The average Bonchev–Trinajstić information content (AvgIpc) is 2.61. The molecule has 2 fully saturated rings. The normalized spacial score (nSPS) is 19.9. The van der Waals surface area contributed by atoms with Crippen LogP contribution < -0.4 is 10.2 Å². The monoisotopic (exact) mass is 304 g/mol. The minimum Gasteiger partial charge on any atom is -0.381 e. The molecule has 0 radical (unpaired) electrons. The van der Waals surface area contributed by atoms with Crippen molar-refractivity contribution in [1.29, 1.82) is 0 Å². The van der Waals surface area contributed by atoms with Gasteiger partial charge in [0.1, 0.15) is 11.6 Å². The molecule has 2 saturated heterocycles. The van der Waals surface area contributed by atoms with Crippen LogP contribution >= 0.6 is 0 Å². The van der Waals surface area contributed by atoms with Gasteiger partial charge in [-0.1, -0.05) is 0 Å². The van der Waals surface area contributed by atoms with Gasteiger partial charge in [0.25, 0.3) is 0 Å². The highest BCUT2D eigenvalue weighted by Crippen LogP contribution is 2.17. The van der Waals surface area contributed by atoms with Gasteiger partial charge in [-0.05, 0) is 38.2 Å². The van der Waals surface area contributed by atoms with Crippen LogP contribution in [-0.4, -0.2) is 42.2 Å². The Labute approximate surface area is 131 Å². The number of aromatic nitrogens is 2. The molecule has 1 aromatic heterocycles. The highest BCUT2D eigenvalue weighted by atomic mass is 16.5. The smallest absolute Gasteiger partial charge is 0.223 e. The zero-order valence-electron chi connectivity index (χ0n) is 13.0. The van der Waals surface area contributed by atoms with E-state index in [4.69, 9.17) is 4.74 Å². The van der Waals surface area contributed by atoms with Crippen molar-refractivity contribution in [2.75, 3.05) is 31.2 Å². The van der Waals surface area contributed by atoms with Gasteiger partial charge in [-0.2, -0.15) is 0 Å². The first-order valence-electron chi connectivity index (χ1n) is 8.25. The van der Waals surface area contributed by atoms with Crippen LogP contribution in [0, 0.1) is 5.92 Å². The minimum atomic E-state index is 0.0685. The fourth-order valence-electron chi connectivity index (χ4n) is 3.04. The first-order valence-corrected chi connectivity index (χ1v) is 8.25. The molecule has 6 nitrogen and oxygen atoms in total. The lowest BCUT2D eigenvalue weighted by Gasteiger charge is -2.27. The topological polar surface area (TPSA) is 67.4 Å². The fraction of sp³-hybridized carbons (Fsp3) is 0.688. The van der Waals surface area contributed by atoms with E-state index in [1.165, 1.54) is 19.3 Å². The van der Waals surface area contributed by atoms with Crippen molar-refractivity contribution in [2.45, 2.75) is 38.6 Å². The van der Waals surface area contributed by atoms with Crippen LogP contribution in [-0.2, 0) is 16.1 Å². The lowest BCUT2D eigenvalue weighted by Crippen LogP contribution is -2.34. The predicted molar refractivity (Wildman–Crippen MR) is 83.5 cm³/mol. The van der Waals surface area contributed by atoms with Crippen molar-refractivity contribution >= 4 is 11.7 Å². The highest BCUT2D eigenvalue weighted by molar-refractivity contribution is 5.78. The molecule has 0 unspecified atom stereocenters. The Morgan fingerprint density at radius 2 is 2.05 bits per heavy atom. The maximum atomic E-state index is 12.1. The molecule has 2 aliphatic rings. The summed E-state index contributed by atoms with van der Waals surface area (Å²) in [5.74, 6) is 1.82. The second kappa shape index (κ2) is 7.54. The molecule has 0 spiro atoms. The van der Waals surface area contributed by atoms with E-state index >= 15 is 0 Å². The summed E-state index contributed by atoms with van der Waals surface area (Å²) in [5, 5.41) is 2.96. The average molecular weight is 304 g/mol. The maximum absolute atomic E-state index is 12.1. The molecule has 0 atom stereocenters. The van der Waals surface area contributed by atoms with Crippen molar-refractivity contribution in [1.82, 2.24) is 15.3 Å². The Hall–Kier alpha value is -1.69. The first-order chi connectivity index (χ1) is 10.8. The summed E-state index contributed by atoms with van der Waals surface area (Å²) < 4.78 is 5.29. The number of nitrogens with zero attached hydrogens (tertiary/aromatic N) is 3. The quantitative estimate of drug-likeness (QED) is 0.913. The molecule has 0 saturated carbocycles. The van der Waals surface area contributed by atoms with E-state index in [1.807, 2.05) is 6.07 Å². The van der Waals surface area contributed by atoms with Gasteiger partial charge in [-0.25, -0.2) is 9.97 Å². The summed E-state index contributed by atoms with van der Waals surface area (Å²) in [6.45, 7) is 3.88. The van der Waals surface area contributed by atoms with E-state index in [0.717, 1.165) is 31.7 Å². The predicted octanol–water partition coefficient (Wildman–Crippen LogP) is 1.51. The van der Waals surface area contributed by atoms with Crippen LogP contribution in [0.4, 0.5) is 5.82 Å². The van der Waals surface area contributed by atoms with Gasteiger partial charge >= 0.3 is 0 Å². The van der Waals surface area contributed by atoms with Crippen molar-refractivity contribution in [3.63, 3.8) is 0 Å². The minimum absolute atomic E-state index is 0.0685. The molecule has 120 valence electrons. The maximum Gasteiger partial charge on any atom is 0.223 e. The molecule has 6 heteroatoms. The van der Waals surface area contributed by atoms with E-state index in [2.05, 4.69) is 20.2 Å². The van der Waals surface area contributed by atoms with E-state index in [-0.39, 0.29) is 11.8 Å². The molecule has 0 aromatic carbocycles. The number of hydrogen-bond acceptors (Lipinski definition) is 5. The van der Waals surface area contributed by atoms with Crippen molar-refractivity contribution in [2.24, 2.45) is 5.92 Å². The molecule has 3 rings (SSSR count). The largest absolute Gasteiger partial charge is 0.381 e. The summed E-state index contributed by atoms with van der Waals surface area (Å²) in [5.41, 5.74) is 0. The third kappa shape index (κ3) is 3.94. The lowest BCUT2D eigenvalue weighted by atomic mass is 9.99. The molecular formula is C16H24N4O2. The zero-order chi connectivity index (χ0) is 15.2. The van der Waals surface area contributed by atoms with Crippen LogP contribution in [0.2, 0.25) is 0 Å². The Balaban J connectivity index is 1.54. The van der Waals surface area contributed by atoms with Gasteiger partial charge in [-0.3, -0.25) is 4.79 Å². The van der Waals surface area contributed by atoms with E-state index < -0.39 is 0 Å². The number of carbonyl (C=O) groups excluding carboxylic acids is 1. The molecule has 1 aromatic rings. The lowest BCUT2D eigenvalue weighted by molar-refractivity contribution is -0.128. The Morgan fingerprint density at radius 1 is 1.27 bits per heavy atom. The van der Waals surface area contributed by atoms with Crippen LogP contribution in [0.15, 0.2) is 12.3 Å². The third-order valence-electron chi connectivity index (χ3n) is 4.38. The van der Waals surface area contributed by atoms with Gasteiger partial charge in [0, 0.05) is 38.4 Å². The van der Waals surface area contributed by atoms with Crippen LogP contribution in [0.1, 0.15) is 37.9 Å². The van der Waals surface area contributed by atoms with Crippen molar-refractivity contribution in [3.8, 4) is 0 Å². The number of rotatable bonds is 4. The van der Waals surface area contributed by atoms with Gasteiger partial charge in [0.15, 0.2) is 0 Å². The molecule has 2 aliphatic heterocycles. The summed E-state index contributed by atoms with van der Waals surface area (Å²) in [6.07, 6.45) is 7.14. The molecule has 0 aliphatic carbocycles. The van der Waals surface area contributed by atoms with Gasteiger partial charge in [0.2, 0.25) is 5.91 Å². The SMILES string of the molecule is O=C(NCc1nccc(N2CCCCC2)n1)C1CCOCC1. The van der Waals surface area contributed by atoms with Crippen LogP contribution in [0.5, 0.6) is 0 Å². The standard InChI is InChI=1S/C16H24N4O2/c21-16(13-5-10-22-11-6-13)18-12-14-17-7-4-15(19-14)20-8-2-1-3-9-20/h4,7,13H,1-3,5-6,8-12H2,(H,18,21). The number of carbonyl (C=O) groups is 1. The summed E-state index contributed by atoms with van der Waals surface area (Å²) in [6, 6.07) is 1.95. The van der Waals surface area contributed by atoms with Gasteiger partial charge in [-0.15, -0.1) is 0 Å². The second-order valence-electron chi connectivity index (χ2n) is 5.98. The number of hydrogen-bond donors (Lipinski definition) is 1. The molecule has 0 bridgehead atoms. The van der Waals surface area contributed by atoms with E-state index in [9.17, 15) is 4.79 Å². The van der Waals surface area contributed by atoms with E-state index in [0.29, 0.717) is 25.6 Å². The van der Waals surface area contributed by atoms with E-state index in [1.54, 1.807) is 6.20 Å². The number of ether oxygens (including phenoxy) is 1. The fourth-order valence-corrected chi connectivity index (χ4v) is 3.04.